The van der Waals surface area contributed by atoms with Crippen LogP contribution >= 0.6 is 23.4 Å². The molecule has 0 N–H and O–H groups in total. The number of thioether (sulfide) groups is 1. The first kappa shape index (κ1) is 16.8. The average Bonchev–Trinajstić information content (AvgIpc) is 2.67. The molecule has 0 aliphatic carbocycles. The second-order valence-electron chi connectivity index (χ2n) is 5.39. The van der Waals surface area contributed by atoms with E-state index in [0.29, 0.717) is 5.56 Å². The molecule has 0 aliphatic heterocycles. The number of carbonyl (C=O) groups excluding carboxylic acids is 1. The zero-order valence-electron chi connectivity index (χ0n) is 13.0. The quantitative estimate of drug-likeness (QED) is 0.307. The third-order valence-corrected chi connectivity index (χ3v) is 5.64. The van der Waals surface area contributed by atoms with Gasteiger partial charge in [0.05, 0.1) is 10.6 Å². The van der Waals surface area contributed by atoms with Crippen molar-refractivity contribution in [3.63, 3.8) is 0 Å². The van der Waals surface area contributed by atoms with Gasteiger partial charge in [-0.15, -0.1) is 23.4 Å². The summed E-state index contributed by atoms with van der Waals surface area (Å²) in [4.78, 5) is 14.1. The fraction of sp³-hybridized carbons (Fsp3) is 0.0952. The van der Waals surface area contributed by atoms with E-state index < -0.39 is 5.38 Å². The largest absolute Gasteiger partial charge is 0.293 e. The molecular formula is C21H17ClOS. The summed E-state index contributed by atoms with van der Waals surface area (Å²) in [5.41, 5.74) is 1.64. The molecule has 0 unspecified atom stereocenters. The van der Waals surface area contributed by atoms with Crippen LogP contribution in [0.5, 0.6) is 0 Å². The van der Waals surface area contributed by atoms with Crippen LogP contribution in [0.4, 0.5) is 0 Å². The molecule has 3 rings (SSSR count). The molecule has 0 heterocycles. The van der Waals surface area contributed by atoms with Crippen LogP contribution < -0.4 is 0 Å². The van der Waals surface area contributed by atoms with Gasteiger partial charge in [-0.25, -0.2) is 0 Å². The zero-order chi connectivity index (χ0) is 16.8. The summed E-state index contributed by atoms with van der Waals surface area (Å²) < 4.78 is 0. The van der Waals surface area contributed by atoms with E-state index in [0.717, 1.165) is 10.5 Å². The molecule has 3 heteroatoms. The minimum atomic E-state index is -0.399. The second-order valence-corrected chi connectivity index (χ2v) is 7.08. The molecule has 0 fully saturated rings. The Kier molecular flexibility index (Phi) is 5.73. The number of ketones is 1. The fourth-order valence-corrected chi connectivity index (χ4v) is 4.01. The molecule has 3 aromatic rings. The third kappa shape index (κ3) is 4.08. The SMILES string of the molecule is O=C(c1ccccc1)[C@@H](Sc1ccccc1)[C@@H](Cl)c1ccccc1. The van der Waals surface area contributed by atoms with E-state index in [1.807, 2.05) is 91.0 Å². The van der Waals surface area contributed by atoms with Gasteiger partial charge in [0.15, 0.2) is 5.78 Å². The molecule has 3 aromatic carbocycles. The van der Waals surface area contributed by atoms with Crippen molar-refractivity contribution in [1.82, 2.24) is 0 Å². The van der Waals surface area contributed by atoms with E-state index in [1.54, 1.807) is 0 Å². The molecule has 120 valence electrons. The van der Waals surface area contributed by atoms with Crippen LogP contribution in [0.1, 0.15) is 21.3 Å². The second kappa shape index (κ2) is 8.18. The Morgan fingerprint density at radius 1 is 0.750 bits per heavy atom. The van der Waals surface area contributed by atoms with Gasteiger partial charge in [0.25, 0.3) is 0 Å². The van der Waals surface area contributed by atoms with Crippen LogP contribution in [0.15, 0.2) is 95.9 Å². The van der Waals surface area contributed by atoms with Crippen molar-refractivity contribution < 1.29 is 4.79 Å². The Labute approximate surface area is 151 Å². The van der Waals surface area contributed by atoms with Crippen molar-refractivity contribution in [2.45, 2.75) is 15.5 Å². The third-order valence-electron chi connectivity index (χ3n) is 3.71. The molecule has 0 radical (unpaired) electrons. The maximum absolute atomic E-state index is 13.1. The predicted octanol–water partition coefficient (Wildman–Crippen LogP) is 6.01. The number of carbonyl (C=O) groups is 1. The van der Waals surface area contributed by atoms with Crippen molar-refractivity contribution in [3.8, 4) is 0 Å². The minimum Gasteiger partial charge on any atom is -0.293 e. The van der Waals surface area contributed by atoms with Gasteiger partial charge in [-0.05, 0) is 17.7 Å². The monoisotopic (exact) mass is 352 g/mol. The van der Waals surface area contributed by atoms with Crippen LogP contribution in [0, 0.1) is 0 Å². The Balaban J connectivity index is 1.93. The van der Waals surface area contributed by atoms with Crippen molar-refractivity contribution in [3.05, 3.63) is 102 Å². The summed E-state index contributed by atoms with van der Waals surface area (Å²) in [7, 11) is 0. The van der Waals surface area contributed by atoms with E-state index in [2.05, 4.69) is 0 Å². The average molecular weight is 353 g/mol. The van der Waals surface area contributed by atoms with Crippen LogP contribution in [0.25, 0.3) is 0 Å². The van der Waals surface area contributed by atoms with Gasteiger partial charge in [0, 0.05) is 10.5 Å². The highest BCUT2D eigenvalue weighted by atomic mass is 35.5. The molecule has 0 saturated heterocycles. The number of hydrogen-bond donors (Lipinski definition) is 0. The van der Waals surface area contributed by atoms with Gasteiger partial charge in [0.2, 0.25) is 0 Å². The Morgan fingerprint density at radius 2 is 1.25 bits per heavy atom. The molecule has 0 aromatic heterocycles. The maximum Gasteiger partial charge on any atom is 0.178 e. The van der Waals surface area contributed by atoms with Crippen LogP contribution in [-0.4, -0.2) is 11.0 Å². The first-order valence-electron chi connectivity index (χ1n) is 7.75. The molecule has 0 amide bonds. The van der Waals surface area contributed by atoms with Crippen molar-refractivity contribution >= 4 is 29.1 Å². The predicted molar refractivity (Wildman–Crippen MR) is 102 cm³/mol. The topological polar surface area (TPSA) is 17.1 Å². The van der Waals surface area contributed by atoms with Crippen LogP contribution in [0.3, 0.4) is 0 Å². The lowest BCUT2D eigenvalue weighted by Crippen LogP contribution is -2.22. The normalized spacial score (nSPS) is 13.2. The molecule has 0 spiro atoms. The lowest BCUT2D eigenvalue weighted by Gasteiger charge is -2.21. The molecule has 24 heavy (non-hydrogen) atoms. The highest BCUT2D eigenvalue weighted by Gasteiger charge is 2.29. The number of rotatable bonds is 6. The highest BCUT2D eigenvalue weighted by Crippen LogP contribution is 2.38. The Hall–Kier alpha value is -2.03. The van der Waals surface area contributed by atoms with Crippen molar-refractivity contribution in [2.75, 3.05) is 0 Å². The zero-order valence-corrected chi connectivity index (χ0v) is 14.6. The van der Waals surface area contributed by atoms with Gasteiger partial charge in [-0.2, -0.15) is 0 Å². The number of benzene rings is 3. The maximum atomic E-state index is 13.1. The molecule has 2 atom stereocenters. The van der Waals surface area contributed by atoms with Crippen LogP contribution in [-0.2, 0) is 0 Å². The van der Waals surface area contributed by atoms with Gasteiger partial charge < -0.3 is 0 Å². The summed E-state index contributed by atoms with van der Waals surface area (Å²) in [6.45, 7) is 0. The van der Waals surface area contributed by atoms with Crippen molar-refractivity contribution in [1.29, 1.82) is 0 Å². The van der Waals surface area contributed by atoms with Crippen LogP contribution in [0.2, 0.25) is 0 Å². The lowest BCUT2D eigenvalue weighted by atomic mass is 10.0. The summed E-state index contributed by atoms with van der Waals surface area (Å²) in [6, 6.07) is 29.0. The highest BCUT2D eigenvalue weighted by molar-refractivity contribution is 8.00. The molecule has 0 saturated carbocycles. The van der Waals surface area contributed by atoms with E-state index in [4.69, 9.17) is 11.6 Å². The molecule has 1 nitrogen and oxygen atoms in total. The summed E-state index contributed by atoms with van der Waals surface area (Å²) >= 11 is 8.24. The number of hydrogen-bond acceptors (Lipinski definition) is 2. The number of halogens is 1. The Bertz CT molecular complexity index is 775. The van der Waals surface area contributed by atoms with E-state index >= 15 is 0 Å². The Morgan fingerprint density at radius 3 is 1.83 bits per heavy atom. The van der Waals surface area contributed by atoms with Gasteiger partial charge >= 0.3 is 0 Å². The summed E-state index contributed by atoms with van der Waals surface area (Å²) in [6.07, 6.45) is 0. The number of Topliss-reactive ketones (excluding diaryl/α,β-unsaturated/α-hetero) is 1. The summed E-state index contributed by atoms with van der Waals surface area (Å²) in [5.74, 6) is 0.0494. The number of alkyl halides is 1. The smallest absolute Gasteiger partial charge is 0.178 e. The van der Waals surface area contributed by atoms with E-state index in [-0.39, 0.29) is 11.0 Å². The van der Waals surface area contributed by atoms with Gasteiger partial charge in [-0.3, -0.25) is 4.79 Å². The van der Waals surface area contributed by atoms with E-state index in [1.165, 1.54) is 11.8 Å². The van der Waals surface area contributed by atoms with Gasteiger partial charge in [0.1, 0.15) is 0 Å². The molecular weight excluding hydrogens is 336 g/mol. The summed E-state index contributed by atoms with van der Waals surface area (Å²) in [5, 5.41) is -0.789. The lowest BCUT2D eigenvalue weighted by molar-refractivity contribution is 0.0988. The first-order valence-corrected chi connectivity index (χ1v) is 9.07. The molecule has 0 bridgehead atoms. The fourth-order valence-electron chi connectivity index (χ4n) is 2.47. The molecule has 0 aliphatic rings. The van der Waals surface area contributed by atoms with Crippen molar-refractivity contribution in [2.24, 2.45) is 0 Å². The minimum absolute atomic E-state index is 0.0494. The van der Waals surface area contributed by atoms with E-state index in [9.17, 15) is 4.79 Å². The first-order chi connectivity index (χ1) is 11.8. The van der Waals surface area contributed by atoms with Gasteiger partial charge in [-0.1, -0.05) is 78.9 Å². The standard InChI is InChI=1S/C21H17ClOS/c22-19(16-10-4-1-5-11-16)21(24-18-14-8-3-9-15-18)20(23)17-12-6-2-7-13-17/h1-15,19,21H/t19-,21-/m0/s1.